The molecule has 0 spiro atoms. The molecule has 2 unspecified atom stereocenters. The van der Waals surface area contributed by atoms with Gasteiger partial charge in [-0.1, -0.05) is 13.0 Å². The van der Waals surface area contributed by atoms with Crippen molar-refractivity contribution in [1.29, 1.82) is 0 Å². The maximum absolute atomic E-state index is 14.4. The Labute approximate surface area is 196 Å². The first-order valence-corrected chi connectivity index (χ1v) is 11.5. The molecular formula is C25H27F2N7. The van der Waals surface area contributed by atoms with Gasteiger partial charge in [0.1, 0.15) is 11.6 Å². The van der Waals surface area contributed by atoms with Crippen molar-refractivity contribution in [2.75, 3.05) is 23.4 Å². The number of piperidine rings is 1. The van der Waals surface area contributed by atoms with Gasteiger partial charge in [0.05, 0.1) is 40.5 Å². The number of halogens is 2. The summed E-state index contributed by atoms with van der Waals surface area (Å²) in [4.78, 5) is 13.2. The van der Waals surface area contributed by atoms with Gasteiger partial charge in [0.15, 0.2) is 0 Å². The van der Waals surface area contributed by atoms with Crippen LogP contribution < -0.4 is 15.5 Å². The summed E-state index contributed by atoms with van der Waals surface area (Å²) in [5.41, 5.74) is 8.92. The molecule has 1 saturated heterocycles. The van der Waals surface area contributed by atoms with E-state index in [4.69, 9.17) is 5.73 Å². The summed E-state index contributed by atoms with van der Waals surface area (Å²) in [5, 5.41) is 4.54. The van der Waals surface area contributed by atoms with Crippen molar-refractivity contribution in [3.05, 3.63) is 66.6 Å². The number of hydrogen-bond acceptors (Lipinski definition) is 6. The monoisotopic (exact) mass is 463 g/mol. The fraction of sp³-hybridized carbons (Fsp3) is 0.320. The van der Waals surface area contributed by atoms with Crippen LogP contribution in [0, 0.1) is 11.6 Å². The molecule has 2 atom stereocenters. The van der Waals surface area contributed by atoms with E-state index in [1.807, 2.05) is 18.0 Å². The van der Waals surface area contributed by atoms with Gasteiger partial charge in [0.25, 0.3) is 0 Å². The second kappa shape index (κ2) is 8.98. The lowest BCUT2D eigenvalue weighted by atomic mass is 9.96. The van der Waals surface area contributed by atoms with Crippen molar-refractivity contribution < 1.29 is 8.78 Å². The van der Waals surface area contributed by atoms with Gasteiger partial charge in [-0.2, -0.15) is 9.61 Å². The Bertz CT molecular complexity index is 1300. The number of nitrogens with two attached hydrogens (primary N) is 1. The van der Waals surface area contributed by atoms with E-state index >= 15 is 0 Å². The third-order valence-corrected chi connectivity index (χ3v) is 6.55. The molecule has 176 valence electrons. The van der Waals surface area contributed by atoms with Crippen LogP contribution >= 0.6 is 0 Å². The molecule has 1 aromatic carbocycles. The lowest BCUT2D eigenvalue weighted by molar-refractivity contribution is 0.410. The normalized spacial score (nSPS) is 18.4. The van der Waals surface area contributed by atoms with E-state index in [-0.39, 0.29) is 17.3 Å². The zero-order valence-electron chi connectivity index (χ0n) is 19.2. The lowest BCUT2D eigenvalue weighted by Gasteiger charge is -2.41. The van der Waals surface area contributed by atoms with Crippen LogP contribution in [0.2, 0.25) is 0 Å². The number of benzene rings is 1. The summed E-state index contributed by atoms with van der Waals surface area (Å²) in [7, 11) is 1.89. The third-order valence-electron chi connectivity index (χ3n) is 6.55. The zero-order valence-corrected chi connectivity index (χ0v) is 19.2. The number of fused-ring (bicyclic) bond motifs is 1. The fourth-order valence-corrected chi connectivity index (χ4v) is 4.74. The highest BCUT2D eigenvalue weighted by Crippen LogP contribution is 2.36. The minimum atomic E-state index is -0.663. The molecule has 2 N–H and O–H groups in total. The molecular weight excluding hydrogens is 436 g/mol. The minimum Gasteiger partial charge on any atom is -0.365 e. The van der Waals surface area contributed by atoms with Gasteiger partial charge in [-0.15, -0.1) is 0 Å². The van der Waals surface area contributed by atoms with E-state index in [0.717, 1.165) is 37.2 Å². The van der Waals surface area contributed by atoms with Crippen LogP contribution in [0.5, 0.6) is 0 Å². The smallest absolute Gasteiger partial charge is 0.231 e. The topological polar surface area (TPSA) is 75.6 Å². The summed E-state index contributed by atoms with van der Waals surface area (Å²) in [6.07, 6.45) is 8.32. The largest absolute Gasteiger partial charge is 0.365 e. The molecule has 7 nitrogen and oxygen atoms in total. The van der Waals surface area contributed by atoms with Gasteiger partial charge < -0.3 is 15.5 Å². The first-order chi connectivity index (χ1) is 16.5. The molecule has 5 rings (SSSR count). The lowest BCUT2D eigenvalue weighted by Crippen LogP contribution is -2.49. The number of pyridine rings is 1. The van der Waals surface area contributed by atoms with Crippen molar-refractivity contribution in [2.24, 2.45) is 5.73 Å². The second-order valence-electron chi connectivity index (χ2n) is 8.69. The summed E-state index contributed by atoms with van der Waals surface area (Å²) in [6, 6.07) is 9.62. The van der Waals surface area contributed by atoms with Crippen molar-refractivity contribution in [3.63, 3.8) is 0 Å². The van der Waals surface area contributed by atoms with Gasteiger partial charge in [-0.3, -0.25) is 4.98 Å². The quantitative estimate of drug-likeness (QED) is 0.468. The first-order valence-electron chi connectivity index (χ1n) is 11.5. The SMILES string of the molecule is CCC1CCC(N)CN1c1ccncc1N(C)c1ncc2ccc(-c3c(F)cccc3F)nn12. The van der Waals surface area contributed by atoms with E-state index in [0.29, 0.717) is 17.5 Å². The van der Waals surface area contributed by atoms with Crippen LogP contribution in [0.3, 0.4) is 0 Å². The number of nitrogens with zero attached hydrogens (tertiary/aromatic N) is 6. The van der Waals surface area contributed by atoms with E-state index < -0.39 is 11.6 Å². The molecule has 34 heavy (non-hydrogen) atoms. The van der Waals surface area contributed by atoms with Crippen LogP contribution in [-0.2, 0) is 0 Å². The molecule has 3 aromatic heterocycles. The molecule has 1 aliphatic heterocycles. The van der Waals surface area contributed by atoms with E-state index in [1.165, 1.54) is 18.2 Å². The maximum atomic E-state index is 14.4. The summed E-state index contributed by atoms with van der Waals surface area (Å²) >= 11 is 0. The Hall–Kier alpha value is -3.59. The van der Waals surface area contributed by atoms with Crippen molar-refractivity contribution >= 4 is 22.8 Å². The second-order valence-corrected chi connectivity index (χ2v) is 8.69. The average molecular weight is 464 g/mol. The minimum absolute atomic E-state index is 0.112. The number of anilines is 3. The van der Waals surface area contributed by atoms with Gasteiger partial charge in [0.2, 0.25) is 5.95 Å². The number of aromatic nitrogens is 4. The highest BCUT2D eigenvalue weighted by molar-refractivity contribution is 5.75. The Balaban J connectivity index is 1.58. The number of rotatable bonds is 5. The maximum Gasteiger partial charge on any atom is 0.231 e. The Morgan fingerprint density at radius 3 is 2.65 bits per heavy atom. The molecule has 9 heteroatoms. The van der Waals surface area contributed by atoms with Gasteiger partial charge in [-0.05, 0) is 49.6 Å². The van der Waals surface area contributed by atoms with Crippen molar-refractivity contribution in [1.82, 2.24) is 19.6 Å². The Kier molecular flexibility index (Phi) is 5.87. The molecule has 1 aliphatic rings. The predicted octanol–water partition coefficient (Wildman–Crippen LogP) is 4.54. The van der Waals surface area contributed by atoms with Gasteiger partial charge in [0, 0.05) is 31.9 Å². The molecule has 0 bridgehead atoms. The predicted molar refractivity (Wildman–Crippen MR) is 129 cm³/mol. The van der Waals surface area contributed by atoms with Gasteiger partial charge >= 0.3 is 0 Å². The van der Waals surface area contributed by atoms with Crippen molar-refractivity contribution in [3.8, 4) is 11.3 Å². The van der Waals surface area contributed by atoms with E-state index in [1.54, 1.807) is 35.2 Å². The highest BCUT2D eigenvalue weighted by Gasteiger charge is 2.28. The molecule has 0 amide bonds. The van der Waals surface area contributed by atoms with Crippen LogP contribution in [0.4, 0.5) is 26.1 Å². The molecule has 0 aliphatic carbocycles. The zero-order chi connectivity index (χ0) is 23.8. The summed E-state index contributed by atoms with van der Waals surface area (Å²) < 4.78 is 30.4. The fourth-order valence-electron chi connectivity index (χ4n) is 4.74. The van der Waals surface area contributed by atoms with E-state index in [2.05, 4.69) is 26.9 Å². The number of imidazole rings is 1. The molecule has 0 radical (unpaired) electrons. The molecule has 1 fully saturated rings. The van der Waals surface area contributed by atoms with Crippen LogP contribution in [0.1, 0.15) is 26.2 Å². The first kappa shape index (κ1) is 22.2. The Morgan fingerprint density at radius 1 is 1.09 bits per heavy atom. The molecule has 0 saturated carbocycles. The standard InChI is InChI=1S/C25H27F2N7/c1-3-17-8-7-16(28)15-33(17)22-11-12-29-14-23(22)32(2)25-30-13-18-9-10-21(31-34(18)25)24-19(26)5-4-6-20(24)27/h4-6,9-14,16-17H,3,7-8,15,28H2,1-2H3. The highest BCUT2D eigenvalue weighted by atomic mass is 19.1. The van der Waals surface area contributed by atoms with Crippen LogP contribution in [0.15, 0.2) is 55.0 Å². The third kappa shape index (κ3) is 3.86. The van der Waals surface area contributed by atoms with Crippen LogP contribution in [0.25, 0.3) is 16.8 Å². The van der Waals surface area contributed by atoms with Gasteiger partial charge in [-0.25, -0.2) is 13.8 Å². The van der Waals surface area contributed by atoms with E-state index in [9.17, 15) is 8.78 Å². The Morgan fingerprint density at radius 2 is 1.88 bits per heavy atom. The average Bonchev–Trinajstić information content (AvgIpc) is 3.27. The molecule has 4 heterocycles. The molecule has 4 aromatic rings. The summed E-state index contributed by atoms with van der Waals surface area (Å²) in [6.45, 7) is 2.95. The summed E-state index contributed by atoms with van der Waals surface area (Å²) in [5.74, 6) is -0.816. The number of hydrogen-bond donors (Lipinski definition) is 1. The van der Waals surface area contributed by atoms with Crippen molar-refractivity contribution in [2.45, 2.75) is 38.3 Å². The van der Waals surface area contributed by atoms with Crippen LogP contribution in [-0.4, -0.2) is 45.3 Å².